The molecule has 7 nitrogen and oxygen atoms in total. The number of nitrogens with two attached hydrogens (primary N) is 1. The Balaban J connectivity index is 1.46. The van der Waals surface area contributed by atoms with Crippen LogP contribution < -0.4 is 10.6 Å². The van der Waals surface area contributed by atoms with E-state index in [1.165, 1.54) is 12.8 Å². The van der Waals surface area contributed by atoms with Gasteiger partial charge < -0.3 is 15.6 Å². The van der Waals surface area contributed by atoms with Crippen molar-refractivity contribution in [2.75, 3.05) is 4.90 Å². The van der Waals surface area contributed by atoms with E-state index in [9.17, 15) is 0 Å². The van der Waals surface area contributed by atoms with Gasteiger partial charge in [0.15, 0.2) is 11.5 Å². The minimum atomic E-state index is 0.303. The van der Waals surface area contributed by atoms with Crippen molar-refractivity contribution >= 4 is 39.5 Å². The summed E-state index contributed by atoms with van der Waals surface area (Å²) in [6.07, 6.45) is 8.35. The summed E-state index contributed by atoms with van der Waals surface area (Å²) in [6, 6.07) is 5.26. The van der Waals surface area contributed by atoms with Crippen LogP contribution in [0.15, 0.2) is 24.5 Å². The first-order valence-corrected chi connectivity index (χ1v) is 10.9. The Morgan fingerprint density at radius 2 is 1.90 bits per heavy atom. The van der Waals surface area contributed by atoms with E-state index in [0.717, 1.165) is 57.5 Å². The molecule has 1 aromatic carbocycles. The van der Waals surface area contributed by atoms with Gasteiger partial charge in [-0.05, 0) is 38.7 Å². The third-order valence-corrected chi connectivity index (χ3v) is 7.10. The van der Waals surface area contributed by atoms with Crippen molar-refractivity contribution < 1.29 is 0 Å². The maximum atomic E-state index is 6.76. The van der Waals surface area contributed by atoms with Gasteiger partial charge in [0.2, 0.25) is 0 Å². The number of anilines is 1. The van der Waals surface area contributed by atoms with Crippen LogP contribution in [0.4, 0.5) is 5.82 Å². The van der Waals surface area contributed by atoms with Crippen LogP contribution in [0, 0.1) is 6.92 Å². The van der Waals surface area contributed by atoms with Crippen molar-refractivity contribution in [1.82, 2.24) is 24.7 Å². The number of halogens is 1. The van der Waals surface area contributed by atoms with Gasteiger partial charge in [-0.25, -0.2) is 9.97 Å². The average Bonchev–Trinajstić information content (AvgIpc) is 3.36. The molecule has 30 heavy (non-hydrogen) atoms. The zero-order chi connectivity index (χ0) is 20.6. The molecule has 2 bridgehead atoms. The lowest BCUT2D eigenvalue weighted by Gasteiger charge is -2.39. The average molecular weight is 422 g/mol. The smallest absolute Gasteiger partial charge is 0.159 e. The van der Waals surface area contributed by atoms with Crippen LogP contribution in [-0.4, -0.2) is 42.9 Å². The van der Waals surface area contributed by atoms with Crippen LogP contribution in [0.3, 0.4) is 0 Å². The Morgan fingerprint density at radius 3 is 2.67 bits per heavy atom. The molecule has 0 aliphatic carbocycles. The SMILES string of the molecule is Cc1nc2c(-c3ccc4nn(C)cc4c3Cl)c[nH]c2nc1N1[C@@H]2CC[C@H]1C[C@H](N)C2. The van der Waals surface area contributed by atoms with Crippen molar-refractivity contribution in [2.24, 2.45) is 12.8 Å². The van der Waals surface area contributed by atoms with Crippen LogP contribution in [0.1, 0.15) is 31.4 Å². The maximum absolute atomic E-state index is 6.76. The molecule has 0 amide bonds. The molecule has 6 rings (SSSR count). The maximum Gasteiger partial charge on any atom is 0.159 e. The van der Waals surface area contributed by atoms with E-state index >= 15 is 0 Å². The monoisotopic (exact) mass is 421 g/mol. The second-order valence-electron chi connectivity index (χ2n) is 8.72. The first kappa shape index (κ1) is 18.2. The Morgan fingerprint density at radius 1 is 1.13 bits per heavy atom. The lowest BCUT2D eigenvalue weighted by atomic mass is 9.98. The normalized spacial score (nSPS) is 23.7. The number of hydrogen-bond acceptors (Lipinski definition) is 5. The van der Waals surface area contributed by atoms with Crippen LogP contribution in [0.5, 0.6) is 0 Å². The number of aromatic nitrogens is 5. The van der Waals surface area contributed by atoms with E-state index in [4.69, 9.17) is 27.3 Å². The predicted molar refractivity (Wildman–Crippen MR) is 120 cm³/mol. The number of aromatic amines is 1. The van der Waals surface area contributed by atoms with E-state index in [-0.39, 0.29) is 0 Å². The molecule has 0 saturated carbocycles. The number of nitrogens with one attached hydrogen (secondary N) is 1. The van der Waals surface area contributed by atoms with E-state index in [2.05, 4.69) is 21.9 Å². The Bertz CT molecular complexity index is 1280. The number of fused-ring (bicyclic) bond motifs is 4. The third-order valence-electron chi connectivity index (χ3n) is 6.70. The summed E-state index contributed by atoms with van der Waals surface area (Å²) < 4.78 is 1.78. The predicted octanol–water partition coefficient (Wildman–Crippen LogP) is 3.93. The molecule has 2 fully saturated rings. The first-order valence-electron chi connectivity index (χ1n) is 10.5. The van der Waals surface area contributed by atoms with Gasteiger partial charge in [-0.2, -0.15) is 5.10 Å². The highest BCUT2D eigenvalue weighted by atomic mass is 35.5. The summed E-state index contributed by atoms with van der Waals surface area (Å²) in [4.78, 5) is 15.8. The molecule has 0 spiro atoms. The van der Waals surface area contributed by atoms with E-state index in [0.29, 0.717) is 23.1 Å². The van der Waals surface area contributed by atoms with E-state index in [1.807, 2.05) is 31.6 Å². The molecule has 8 heteroatoms. The molecule has 0 radical (unpaired) electrons. The minimum absolute atomic E-state index is 0.303. The number of nitrogens with zero attached hydrogens (tertiary/aromatic N) is 5. The number of benzene rings is 1. The second-order valence-corrected chi connectivity index (χ2v) is 9.10. The van der Waals surface area contributed by atoms with Gasteiger partial charge in [-0.15, -0.1) is 0 Å². The quantitative estimate of drug-likeness (QED) is 0.512. The summed E-state index contributed by atoms with van der Waals surface area (Å²) >= 11 is 6.76. The van der Waals surface area contributed by atoms with Crippen molar-refractivity contribution in [1.29, 1.82) is 0 Å². The summed E-state index contributed by atoms with van der Waals surface area (Å²) in [5.41, 5.74) is 11.6. The number of aryl methyl sites for hydroxylation is 2. The van der Waals surface area contributed by atoms with Crippen molar-refractivity contribution in [2.45, 2.75) is 50.7 Å². The third kappa shape index (κ3) is 2.58. The van der Waals surface area contributed by atoms with Crippen LogP contribution in [-0.2, 0) is 7.05 Å². The number of piperidine rings is 1. The number of rotatable bonds is 2. The van der Waals surface area contributed by atoms with Gasteiger partial charge >= 0.3 is 0 Å². The Kier molecular flexibility index (Phi) is 3.89. The van der Waals surface area contributed by atoms with Gasteiger partial charge in [-0.3, -0.25) is 4.68 Å². The zero-order valence-corrected chi connectivity index (χ0v) is 17.8. The molecule has 2 aliphatic rings. The Hall–Kier alpha value is -2.64. The molecule has 3 N–H and O–H groups in total. The highest BCUT2D eigenvalue weighted by Gasteiger charge is 2.41. The van der Waals surface area contributed by atoms with Gasteiger partial charge in [0.05, 0.1) is 16.2 Å². The highest BCUT2D eigenvalue weighted by Crippen LogP contribution is 2.41. The number of hydrogen-bond donors (Lipinski definition) is 2. The highest BCUT2D eigenvalue weighted by molar-refractivity contribution is 6.38. The molecule has 154 valence electrons. The van der Waals surface area contributed by atoms with Gasteiger partial charge in [-0.1, -0.05) is 17.7 Å². The molecule has 4 aromatic rings. The fourth-order valence-corrected chi connectivity index (χ4v) is 5.72. The summed E-state index contributed by atoms with van der Waals surface area (Å²) in [5.74, 6) is 0.990. The molecule has 0 unspecified atom stereocenters. The van der Waals surface area contributed by atoms with E-state index in [1.54, 1.807) is 4.68 Å². The first-order chi connectivity index (χ1) is 14.5. The zero-order valence-electron chi connectivity index (χ0n) is 17.1. The van der Waals surface area contributed by atoms with Crippen LogP contribution in [0.25, 0.3) is 33.2 Å². The lowest BCUT2D eigenvalue weighted by Crippen LogP contribution is -2.48. The van der Waals surface area contributed by atoms with Crippen molar-refractivity contribution in [3.63, 3.8) is 0 Å². The molecule has 2 aliphatic heterocycles. The fraction of sp³-hybridized carbons (Fsp3) is 0.409. The second kappa shape index (κ2) is 6.43. The standard InChI is InChI=1S/C22H24ClN7/c1-11-22(30-13-3-4-14(30)8-12(24)7-13)27-21-20(26-11)16(9-25-21)15-5-6-18-17(19(15)23)10-29(2)28-18/h5-6,9-10,12-14H,3-4,7-8,24H2,1-2H3,(H,25,27)/t12-,13-,14+. The van der Waals surface area contributed by atoms with Gasteiger partial charge in [0, 0.05) is 54.1 Å². The van der Waals surface area contributed by atoms with Gasteiger partial charge in [0.1, 0.15) is 5.52 Å². The summed E-state index contributed by atoms with van der Waals surface area (Å²) in [5, 5.41) is 6.07. The summed E-state index contributed by atoms with van der Waals surface area (Å²) in [7, 11) is 1.90. The molecular weight excluding hydrogens is 398 g/mol. The molecule has 3 atom stereocenters. The van der Waals surface area contributed by atoms with Crippen molar-refractivity contribution in [3.8, 4) is 11.1 Å². The molecular formula is C22H24ClN7. The topological polar surface area (TPSA) is 88.7 Å². The fourth-order valence-electron chi connectivity index (χ4n) is 5.41. The van der Waals surface area contributed by atoms with Crippen LogP contribution in [0.2, 0.25) is 5.02 Å². The lowest BCUT2D eigenvalue weighted by molar-refractivity contribution is 0.411. The van der Waals surface area contributed by atoms with Crippen molar-refractivity contribution in [3.05, 3.63) is 35.2 Å². The minimum Gasteiger partial charge on any atom is -0.349 e. The largest absolute Gasteiger partial charge is 0.349 e. The Labute approximate surface area is 179 Å². The summed E-state index contributed by atoms with van der Waals surface area (Å²) in [6.45, 7) is 2.05. The molecule has 5 heterocycles. The molecule has 2 saturated heterocycles. The van der Waals surface area contributed by atoms with Gasteiger partial charge in [0.25, 0.3) is 0 Å². The van der Waals surface area contributed by atoms with E-state index < -0.39 is 0 Å². The number of H-pyrrole nitrogens is 1. The molecule has 3 aromatic heterocycles. The van der Waals surface area contributed by atoms with Crippen LogP contribution >= 0.6 is 11.6 Å².